The summed E-state index contributed by atoms with van der Waals surface area (Å²) in [5.41, 5.74) is -0.544. The molecule has 0 heterocycles. The molecule has 0 fully saturated rings. The van der Waals surface area contributed by atoms with Crippen LogP contribution in [0.25, 0.3) is 0 Å². The van der Waals surface area contributed by atoms with E-state index in [0.717, 1.165) is 0 Å². The highest BCUT2D eigenvalue weighted by Gasteiger charge is 2.18. The van der Waals surface area contributed by atoms with E-state index in [-0.39, 0.29) is 13.2 Å². The Morgan fingerprint density at radius 2 is 1.89 bits per heavy atom. The Hall–Kier alpha value is -1.34. The summed E-state index contributed by atoms with van der Waals surface area (Å²) in [7, 11) is 1.24. The molecule has 0 bridgehead atoms. The molecule has 0 aromatic heterocycles. The number of methoxy groups -OCH3 is 1. The fraction of sp³-hybridized carbons (Fsp3) is 0.818. The highest BCUT2D eigenvalue weighted by atomic mass is 16.6. The second kappa shape index (κ2) is 7.88. The molecule has 1 amide bonds. The minimum Gasteiger partial charge on any atom is -0.468 e. The van der Waals surface area contributed by atoms with Gasteiger partial charge in [-0.15, -0.1) is 0 Å². The first-order valence-corrected chi connectivity index (χ1v) is 5.69. The van der Waals surface area contributed by atoms with E-state index in [1.807, 2.05) is 0 Å². The summed E-state index contributed by atoms with van der Waals surface area (Å²) >= 11 is 0. The van der Waals surface area contributed by atoms with Crippen molar-refractivity contribution >= 4 is 12.1 Å². The zero-order chi connectivity index (χ0) is 14.2. The molecule has 0 aromatic carbocycles. The summed E-state index contributed by atoms with van der Waals surface area (Å²) in [4.78, 5) is 22.4. The van der Waals surface area contributed by atoms with Gasteiger partial charge in [0.15, 0.2) is 0 Å². The van der Waals surface area contributed by atoms with E-state index >= 15 is 0 Å². The highest BCUT2D eigenvalue weighted by Crippen LogP contribution is 2.05. The zero-order valence-electron chi connectivity index (χ0n) is 11.3. The Morgan fingerprint density at radius 3 is 2.33 bits per heavy atom. The monoisotopic (exact) mass is 262 g/mol. The van der Waals surface area contributed by atoms with Gasteiger partial charge < -0.3 is 25.2 Å². The predicted octanol–water partition coefficient (Wildman–Crippen LogP) is -0.365. The molecule has 7 nitrogen and oxygen atoms in total. The number of rotatable bonds is 6. The van der Waals surface area contributed by atoms with Gasteiger partial charge in [-0.2, -0.15) is 0 Å². The number of hydrogen-bond acceptors (Lipinski definition) is 6. The Morgan fingerprint density at radius 1 is 1.28 bits per heavy atom. The molecule has 0 aromatic rings. The van der Waals surface area contributed by atoms with Crippen LogP contribution in [-0.4, -0.2) is 55.6 Å². The lowest BCUT2D eigenvalue weighted by molar-refractivity contribution is -0.144. The molecule has 0 radical (unpaired) electrons. The third-order valence-corrected chi connectivity index (χ3v) is 1.85. The number of nitrogens with one attached hydrogen (secondary N) is 2. The lowest BCUT2D eigenvalue weighted by Crippen LogP contribution is -2.44. The largest absolute Gasteiger partial charge is 0.468 e. The van der Waals surface area contributed by atoms with Crippen molar-refractivity contribution in [2.45, 2.75) is 32.4 Å². The predicted molar refractivity (Wildman–Crippen MR) is 65.1 cm³/mol. The maximum atomic E-state index is 11.3. The minimum absolute atomic E-state index is 0.280. The molecular weight excluding hydrogens is 240 g/mol. The van der Waals surface area contributed by atoms with Crippen LogP contribution in [0.4, 0.5) is 4.79 Å². The fourth-order valence-corrected chi connectivity index (χ4v) is 1.09. The van der Waals surface area contributed by atoms with Crippen LogP contribution in [-0.2, 0) is 14.3 Å². The molecule has 0 unspecified atom stereocenters. The number of amides is 1. The molecule has 18 heavy (non-hydrogen) atoms. The Balaban J connectivity index is 3.79. The molecule has 7 heteroatoms. The Labute approximate surface area is 107 Å². The molecule has 0 aliphatic carbocycles. The van der Waals surface area contributed by atoms with Crippen LogP contribution in [0, 0.1) is 0 Å². The van der Waals surface area contributed by atoms with Gasteiger partial charge in [-0.1, -0.05) is 0 Å². The summed E-state index contributed by atoms with van der Waals surface area (Å²) in [5, 5.41) is 14.2. The maximum absolute atomic E-state index is 11.3. The van der Waals surface area contributed by atoms with Crippen molar-refractivity contribution in [3.05, 3.63) is 0 Å². The molecule has 106 valence electrons. The molecule has 0 saturated heterocycles. The first-order chi connectivity index (χ1) is 8.30. The second-order valence-corrected chi connectivity index (χ2v) is 4.64. The van der Waals surface area contributed by atoms with Crippen LogP contribution < -0.4 is 10.6 Å². The normalized spacial score (nSPS) is 12.7. The van der Waals surface area contributed by atoms with E-state index < -0.39 is 23.7 Å². The maximum Gasteiger partial charge on any atom is 0.407 e. The van der Waals surface area contributed by atoms with Crippen molar-refractivity contribution in [1.29, 1.82) is 0 Å². The van der Waals surface area contributed by atoms with Gasteiger partial charge >= 0.3 is 12.1 Å². The Kier molecular flexibility index (Phi) is 7.30. The van der Waals surface area contributed by atoms with Crippen molar-refractivity contribution < 1.29 is 24.2 Å². The minimum atomic E-state index is -0.782. The van der Waals surface area contributed by atoms with Gasteiger partial charge in [-0.25, -0.2) is 4.79 Å². The smallest absolute Gasteiger partial charge is 0.407 e. The average molecular weight is 262 g/mol. The van der Waals surface area contributed by atoms with E-state index in [4.69, 9.17) is 9.84 Å². The lowest BCUT2D eigenvalue weighted by atomic mass is 10.2. The SMILES string of the molecule is COC(=O)[C@@H](CO)NCCNC(=O)OC(C)(C)C. The number of aliphatic hydroxyl groups excluding tert-OH is 1. The van der Waals surface area contributed by atoms with Crippen molar-refractivity contribution in [3.8, 4) is 0 Å². The molecule has 3 N–H and O–H groups in total. The van der Waals surface area contributed by atoms with Crippen LogP contribution >= 0.6 is 0 Å². The third-order valence-electron chi connectivity index (χ3n) is 1.85. The van der Waals surface area contributed by atoms with Gasteiger partial charge in [0, 0.05) is 13.1 Å². The first-order valence-electron chi connectivity index (χ1n) is 5.69. The van der Waals surface area contributed by atoms with Gasteiger partial charge in [0.1, 0.15) is 11.6 Å². The highest BCUT2D eigenvalue weighted by molar-refractivity contribution is 5.75. The van der Waals surface area contributed by atoms with Crippen molar-refractivity contribution in [3.63, 3.8) is 0 Å². The number of alkyl carbamates (subject to hydrolysis) is 1. The van der Waals surface area contributed by atoms with Crippen LogP contribution in [0.15, 0.2) is 0 Å². The first kappa shape index (κ1) is 16.7. The average Bonchev–Trinajstić information content (AvgIpc) is 2.26. The van der Waals surface area contributed by atoms with Gasteiger partial charge in [0.05, 0.1) is 13.7 Å². The fourth-order valence-electron chi connectivity index (χ4n) is 1.09. The van der Waals surface area contributed by atoms with E-state index in [0.29, 0.717) is 6.54 Å². The zero-order valence-corrected chi connectivity index (χ0v) is 11.3. The number of aliphatic hydroxyl groups is 1. The van der Waals surface area contributed by atoms with Crippen LogP contribution in [0.2, 0.25) is 0 Å². The summed E-state index contributed by atoms with van der Waals surface area (Å²) in [6.07, 6.45) is -0.525. The quantitative estimate of drug-likeness (QED) is 0.446. The topological polar surface area (TPSA) is 96.9 Å². The van der Waals surface area contributed by atoms with Crippen LogP contribution in [0.1, 0.15) is 20.8 Å². The van der Waals surface area contributed by atoms with E-state index in [2.05, 4.69) is 15.4 Å². The molecule has 0 aliphatic heterocycles. The summed E-state index contributed by atoms with van der Waals surface area (Å²) < 4.78 is 9.49. The molecule has 0 saturated carbocycles. The van der Waals surface area contributed by atoms with Gasteiger partial charge in [-0.3, -0.25) is 4.79 Å². The summed E-state index contributed by atoms with van der Waals surface area (Å²) in [6, 6.07) is -0.782. The molecule has 0 spiro atoms. The molecule has 0 rings (SSSR count). The second-order valence-electron chi connectivity index (χ2n) is 4.64. The number of carbonyl (C=O) groups is 2. The number of ether oxygens (including phenoxy) is 2. The lowest BCUT2D eigenvalue weighted by Gasteiger charge is -2.20. The van der Waals surface area contributed by atoms with Crippen LogP contribution in [0.5, 0.6) is 0 Å². The molecule has 0 aliphatic rings. The van der Waals surface area contributed by atoms with Crippen molar-refractivity contribution in [2.75, 3.05) is 26.8 Å². The number of carbonyl (C=O) groups excluding carboxylic acids is 2. The van der Waals surface area contributed by atoms with E-state index in [9.17, 15) is 9.59 Å². The van der Waals surface area contributed by atoms with E-state index in [1.54, 1.807) is 20.8 Å². The van der Waals surface area contributed by atoms with E-state index in [1.165, 1.54) is 7.11 Å². The van der Waals surface area contributed by atoms with Gasteiger partial charge in [0.25, 0.3) is 0 Å². The Bertz CT molecular complexity index is 275. The molecular formula is C11H22N2O5. The van der Waals surface area contributed by atoms with Gasteiger partial charge in [-0.05, 0) is 20.8 Å². The van der Waals surface area contributed by atoms with Crippen molar-refractivity contribution in [2.24, 2.45) is 0 Å². The molecule has 1 atom stereocenters. The van der Waals surface area contributed by atoms with Crippen molar-refractivity contribution in [1.82, 2.24) is 10.6 Å². The number of esters is 1. The standard InChI is InChI=1S/C11H22N2O5/c1-11(2,3)18-10(16)13-6-5-12-8(7-14)9(15)17-4/h8,12,14H,5-7H2,1-4H3,(H,13,16)/t8-/m1/s1. The van der Waals surface area contributed by atoms with Crippen LogP contribution in [0.3, 0.4) is 0 Å². The van der Waals surface area contributed by atoms with Gasteiger partial charge in [0.2, 0.25) is 0 Å². The number of hydrogen-bond donors (Lipinski definition) is 3. The third kappa shape index (κ3) is 7.86. The summed E-state index contributed by atoms with van der Waals surface area (Å²) in [6.45, 7) is 5.54. The summed E-state index contributed by atoms with van der Waals surface area (Å²) in [5.74, 6) is -0.547.